The van der Waals surface area contributed by atoms with Crippen LogP contribution >= 0.6 is 0 Å². The fraction of sp³-hybridized carbons (Fsp3) is 0.222. The predicted molar refractivity (Wildman–Crippen MR) is 87.8 cm³/mol. The van der Waals surface area contributed by atoms with Gasteiger partial charge in [-0.25, -0.2) is 4.39 Å². The van der Waals surface area contributed by atoms with Crippen LogP contribution in [0.2, 0.25) is 0 Å². The molecule has 0 aliphatic carbocycles. The van der Waals surface area contributed by atoms with Crippen molar-refractivity contribution in [2.24, 2.45) is 0 Å². The molecule has 2 amide bonds. The highest BCUT2D eigenvalue weighted by molar-refractivity contribution is 6.03. The van der Waals surface area contributed by atoms with Gasteiger partial charge in [-0.05, 0) is 42.7 Å². The topological polar surface area (TPSA) is 58.2 Å². The van der Waals surface area contributed by atoms with E-state index < -0.39 is 0 Å². The first-order valence-corrected chi connectivity index (χ1v) is 7.45. The molecule has 0 aromatic heterocycles. The summed E-state index contributed by atoms with van der Waals surface area (Å²) in [7, 11) is 1.55. The molecule has 2 aromatic rings. The van der Waals surface area contributed by atoms with E-state index in [-0.39, 0.29) is 17.6 Å². The van der Waals surface area contributed by atoms with Gasteiger partial charge in [-0.1, -0.05) is 24.3 Å². The first kappa shape index (κ1) is 16.7. The summed E-state index contributed by atoms with van der Waals surface area (Å²) in [5, 5.41) is 5.30. The zero-order valence-corrected chi connectivity index (χ0v) is 12.9. The van der Waals surface area contributed by atoms with Crippen LogP contribution in [0.3, 0.4) is 0 Å². The van der Waals surface area contributed by atoms with Crippen molar-refractivity contribution in [3.8, 4) is 0 Å². The molecule has 120 valence electrons. The second-order valence-corrected chi connectivity index (χ2v) is 5.15. The Kier molecular flexibility index (Phi) is 5.86. The molecule has 0 aliphatic rings. The Bertz CT molecular complexity index is 684. The summed E-state index contributed by atoms with van der Waals surface area (Å²) in [6.45, 7) is 0. The lowest BCUT2D eigenvalue weighted by molar-refractivity contribution is -0.116. The number of amides is 2. The number of hydrogen-bond acceptors (Lipinski definition) is 2. The fourth-order valence-electron chi connectivity index (χ4n) is 2.24. The van der Waals surface area contributed by atoms with Gasteiger partial charge in [0.05, 0.1) is 11.3 Å². The summed E-state index contributed by atoms with van der Waals surface area (Å²) in [5.41, 5.74) is 1.92. The van der Waals surface area contributed by atoms with Crippen molar-refractivity contribution >= 4 is 17.5 Å². The molecule has 5 heteroatoms. The number of nitrogens with one attached hydrogen (secondary N) is 2. The van der Waals surface area contributed by atoms with E-state index in [1.807, 2.05) is 0 Å². The SMILES string of the molecule is CNC(=O)c1ccccc1NC(=O)CCCc1ccc(F)cc1. The molecule has 0 heterocycles. The molecule has 2 N–H and O–H groups in total. The molecule has 0 aliphatic heterocycles. The molecule has 0 spiro atoms. The van der Waals surface area contributed by atoms with Crippen LogP contribution in [-0.4, -0.2) is 18.9 Å². The van der Waals surface area contributed by atoms with E-state index in [0.29, 0.717) is 30.5 Å². The lowest BCUT2D eigenvalue weighted by atomic mass is 10.1. The molecule has 0 bridgehead atoms. The normalized spacial score (nSPS) is 10.2. The van der Waals surface area contributed by atoms with Crippen molar-refractivity contribution in [1.82, 2.24) is 5.32 Å². The van der Waals surface area contributed by atoms with Gasteiger partial charge in [-0.15, -0.1) is 0 Å². The Labute approximate surface area is 134 Å². The molecule has 0 atom stereocenters. The van der Waals surface area contributed by atoms with E-state index in [0.717, 1.165) is 5.56 Å². The smallest absolute Gasteiger partial charge is 0.253 e. The number of carbonyl (C=O) groups excluding carboxylic acids is 2. The van der Waals surface area contributed by atoms with Crippen molar-refractivity contribution in [3.63, 3.8) is 0 Å². The van der Waals surface area contributed by atoms with Crippen LogP contribution in [0.4, 0.5) is 10.1 Å². The highest BCUT2D eigenvalue weighted by Gasteiger charge is 2.11. The number of hydrogen-bond donors (Lipinski definition) is 2. The Morgan fingerprint density at radius 2 is 1.74 bits per heavy atom. The summed E-state index contributed by atoms with van der Waals surface area (Å²) in [4.78, 5) is 23.8. The van der Waals surface area contributed by atoms with Crippen LogP contribution in [0.15, 0.2) is 48.5 Å². The molecule has 0 unspecified atom stereocenters. The Balaban J connectivity index is 1.88. The van der Waals surface area contributed by atoms with Crippen molar-refractivity contribution in [2.75, 3.05) is 12.4 Å². The zero-order valence-electron chi connectivity index (χ0n) is 12.9. The number of para-hydroxylation sites is 1. The fourth-order valence-corrected chi connectivity index (χ4v) is 2.24. The van der Waals surface area contributed by atoms with Crippen molar-refractivity contribution in [3.05, 3.63) is 65.5 Å². The monoisotopic (exact) mass is 314 g/mol. The van der Waals surface area contributed by atoms with E-state index in [1.165, 1.54) is 12.1 Å². The van der Waals surface area contributed by atoms with Crippen molar-refractivity contribution in [2.45, 2.75) is 19.3 Å². The Hall–Kier alpha value is -2.69. The number of halogens is 1. The van der Waals surface area contributed by atoms with Crippen LogP contribution in [0.25, 0.3) is 0 Å². The van der Waals surface area contributed by atoms with Gasteiger partial charge in [0.15, 0.2) is 0 Å². The number of benzene rings is 2. The van der Waals surface area contributed by atoms with Crippen LogP contribution in [-0.2, 0) is 11.2 Å². The van der Waals surface area contributed by atoms with Gasteiger partial charge < -0.3 is 10.6 Å². The average Bonchev–Trinajstić information content (AvgIpc) is 2.56. The van der Waals surface area contributed by atoms with Gasteiger partial charge in [0.2, 0.25) is 5.91 Å². The lowest BCUT2D eigenvalue weighted by Gasteiger charge is -2.10. The van der Waals surface area contributed by atoms with Gasteiger partial charge in [0.1, 0.15) is 5.82 Å². The van der Waals surface area contributed by atoms with E-state index in [1.54, 1.807) is 43.4 Å². The third-order valence-corrected chi connectivity index (χ3v) is 3.46. The minimum absolute atomic E-state index is 0.150. The molecule has 0 radical (unpaired) electrons. The van der Waals surface area contributed by atoms with Crippen LogP contribution in [0.1, 0.15) is 28.8 Å². The number of aryl methyl sites for hydroxylation is 1. The van der Waals surface area contributed by atoms with Crippen molar-refractivity contribution < 1.29 is 14.0 Å². The number of rotatable bonds is 6. The first-order valence-electron chi connectivity index (χ1n) is 7.45. The maximum Gasteiger partial charge on any atom is 0.253 e. The Morgan fingerprint density at radius 1 is 1.04 bits per heavy atom. The lowest BCUT2D eigenvalue weighted by Crippen LogP contribution is -2.21. The largest absolute Gasteiger partial charge is 0.355 e. The Morgan fingerprint density at radius 3 is 2.43 bits per heavy atom. The standard InChI is InChI=1S/C18H19FN2O2/c1-20-18(23)15-6-2-3-7-16(15)21-17(22)8-4-5-13-9-11-14(19)12-10-13/h2-3,6-7,9-12H,4-5,8H2,1H3,(H,20,23)(H,21,22). The molecule has 2 aromatic carbocycles. The van der Waals surface area contributed by atoms with E-state index >= 15 is 0 Å². The van der Waals surface area contributed by atoms with Crippen LogP contribution in [0, 0.1) is 5.82 Å². The molecule has 2 rings (SSSR count). The second kappa shape index (κ2) is 8.08. The first-order chi connectivity index (χ1) is 11.1. The predicted octanol–water partition coefficient (Wildman–Crippen LogP) is 3.15. The van der Waals surface area contributed by atoms with E-state index in [9.17, 15) is 14.0 Å². The van der Waals surface area contributed by atoms with Gasteiger partial charge >= 0.3 is 0 Å². The minimum atomic E-state index is -0.266. The maximum atomic E-state index is 12.8. The quantitative estimate of drug-likeness (QED) is 0.860. The van der Waals surface area contributed by atoms with Gasteiger partial charge in [-0.2, -0.15) is 0 Å². The highest BCUT2D eigenvalue weighted by Crippen LogP contribution is 2.15. The highest BCUT2D eigenvalue weighted by atomic mass is 19.1. The molecule has 23 heavy (non-hydrogen) atoms. The van der Waals surface area contributed by atoms with E-state index in [4.69, 9.17) is 0 Å². The van der Waals surface area contributed by atoms with Crippen LogP contribution in [0.5, 0.6) is 0 Å². The van der Waals surface area contributed by atoms with Crippen LogP contribution < -0.4 is 10.6 Å². The zero-order chi connectivity index (χ0) is 16.7. The second-order valence-electron chi connectivity index (χ2n) is 5.15. The minimum Gasteiger partial charge on any atom is -0.355 e. The maximum absolute atomic E-state index is 12.8. The third kappa shape index (κ3) is 4.92. The molecule has 0 fully saturated rings. The number of anilines is 1. The van der Waals surface area contributed by atoms with Gasteiger partial charge in [0.25, 0.3) is 5.91 Å². The summed E-state index contributed by atoms with van der Waals surface area (Å²) < 4.78 is 12.8. The van der Waals surface area contributed by atoms with Gasteiger partial charge in [0, 0.05) is 13.5 Å². The third-order valence-electron chi connectivity index (χ3n) is 3.46. The molecular weight excluding hydrogens is 295 g/mol. The van der Waals surface area contributed by atoms with Gasteiger partial charge in [-0.3, -0.25) is 9.59 Å². The van der Waals surface area contributed by atoms with E-state index in [2.05, 4.69) is 10.6 Å². The number of carbonyl (C=O) groups is 2. The summed E-state index contributed by atoms with van der Waals surface area (Å²) in [6.07, 6.45) is 1.68. The summed E-state index contributed by atoms with van der Waals surface area (Å²) >= 11 is 0. The summed E-state index contributed by atoms with van der Waals surface area (Å²) in [5.74, 6) is -0.659. The van der Waals surface area contributed by atoms with Crippen molar-refractivity contribution in [1.29, 1.82) is 0 Å². The molecule has 0 saturated carbocycles. The summed E-state index contributed by atoms with van der Waals surface area (Å²) in [6, 6.07) is 13.1. The molecular formula is C18H19FN2O2. The average molecular weight is 314 g/mol. The molecule has 4 nitrogen and oxygen atoms in total. The molecule has 0 saturated heterocycles.